The monoisotopic (exact) mass is 387 g/mol. The third-order valence-electron chi connectivity index (χ3n) is 4.72. The van der Waals surface area contributed by atoms with Crippen molar-refractivity contribution < 1.29 is 4.79 Å². The minimum Gasteiger partial charge on any atom is -0.383 e. The number of nitrogen functional groups attached to an aromatic ring is 1. The minimum absolute atomic E-state index is 0.00837. The Morgan fingerprint density at radius 3 is 2.59 bits per heavy atom. The van der Waals surface area contributed by atoms with Gasteiger partial charge in [-0.3, -0.25) is 9.78 Å². The number of amides is 1. The van der Waals surface area contributed by atoms with E-state index in [1.54, 1.807) is 18.6 Å². The first-order valence-corrected chi connectivity index (χ1v) is 9.40. The van der Waals surface area contributed by atoms with Crippen LogP contribution in [0.4, 0.5) is 5.82 Å². The lowest BCUT2D eigenvalue weighted by Crippen LogP contribution is -2.32. The van der Waals surface area contributed by atoms with E-state index in [1.807, 2.05) is 50.2 Å². The largest absolute Gasteiger partial charge is 0.383 e. The van der Waals surface area contributed by atoms with Crippen molar-refractivity contribution in [3.8, 4) is 0 Å². The average molecular weight is 387 g/mol. The zero-order chi connectivity index (χ0) is 20.4. The van der Waals surface area contributed by atoms with E-state index in [-0.39, 0.29) is 23.3 Å². The Labute approximate surface area is 167 Å². The molecule has 3 heterocycles. The molecule has 0 bridgehead atoms. The van der Waals surface area contributed by atoms with Gasteiger partial charge in [0.15, 0.2) is 5.65 Å². The number of fused-ring (bicyclic) bond motifs is 2. The van der Waals surface area contributed by atoms with Crippen LogP contribution in [0, 0.1) is 0 Å². The molecule has 0 saturated carbocycles. The summed E-state index contributed by atoms with van der Waals surface area (Å²) >= 11 is 0. The van der Waals surface area contributed by atoms with Crippen LogP contribution in [0.15, 0.2) is 53.9 Å². The Kier molecular flexibility index (Phi) is 4.90. The minimum atomic E-state index is -0.288. The fourth-order valence-electron chi connectivity index (χ4n) is 2.96. The number of hydrogen-bond donors (Lipinski definition) is 2. The van der Waals surface area contributed by atoms with Crippen molar-refractivity contribution in [3.05, 3.63) is 59.9 Å². The summed E-state index contributed by atoms with van der Waals surface area (Å²) in [4.78, 5) is 26.3. The molecule has 146 valence electrons. The number of pyridine rings is 1. The van der Waals surface area contributed by atoms with Gasteiger partial charge in [-0.25, -0.2) is 9.97 Å². The van der Waals surface area contributed by atoms with E-state index < -0.39 is 0 Å². The number of anilines is 1. The molecule has 1 atom stereocenters. The highest BCUT2D eigenvalue weighted by atomic mass is 16.1. The molecule has 1 amide bonds. The van der Waals surface area contributed by atoms with E-state index in [9.17, 15) is 4.79 Å². The molecule has 0 aliphatic heterocycles. The van der Waals surface area contributed by atoms with Gasteiger partial charge in [0, 0.05) is 18.4 Å². The summed E-state index contributed by atoms with van der Waals surface area (Å²) in [7, 11) is 0. The second-order valence-electron chi connectivity index (χ2n) is 6.76. The zero-order valence-electron chi connectivity index (χ0n) is 16.2. The van der Waals surface area contributed by atoms with Crippen LogP contribution in [0.1, 0.15) is 36.2 Å². The van der Waals surface area contributed by atoms with Crippen LogP contribution in [0.2, 0.25) is 0 Å². The molecular weight excluding hydrogens is 366 g/mol. The summed E-state index contributed by atoms with van der Waals surface area (Å²) in [6.07, 6.45) is 5.80. The summed E-state index contributed by atoms with van der Waals surface area (Å²) < 4.78 is 1.46. The highest BCUT2D eigenvalue weighted by Crippen LogP contribution is 2.28. The van der Waals surface area contributed by atoms with E-state index in [0.29, 0.717) is 22.2 Å². The molecule has 8 heteroatoms. The molecule has 29 heavy (non-hydrogen) atoms. The zero-order valence-corrected chi connectivity index (χ0v) is 16.2. The number of hydrogen-bond acceptors (Lipinski definition) is 6. The number of nitrogens with two attached hydrogens (primary N) is 1. The normalized spacial score (nSPS) is 12.6. The number of carbonyl (C=O) groups excluding carboxylic acids is 1. The lowest BCUT2D eigenvalue weighted by Gasteiger charge is -2.11. The summed E-state index contributed by atoms with van der Waals surface area (Å²) in [5, 5.41) is 7.42. The third-order valence-corrected chi connectivity index (χ3v) is 4.72. The topological polar surface area (TPSA) is 111 Å². The van der Waals surface area contributed by atoms with Gasteiger partial charge >= 0.3 is 0 Å². The Bertz CT molecular complexity index is 1210. The van der Waals surface area contributed by atoms with E-state index in [1.165, 1.54) is 4.68 Å². The molecule has 0 radical (unpaired) electrons. The Hall–Kier alpha value is -3.81. The molecule has 0 spiro atoms. The third kappa shape index (κ3) is 3.52. The molecule has 8 nitrogen and oxygen atoms in total. The summed E-state index contributed by atoms with van der Waals surface area (Å²) in [6, 6.07) is 11.1. The fraction of sp³-hybridized carbons (Fsp3) is 0.190. The Balaban J connectivity index is 1.92. The molecule has 0 saturated heterocycles. The first kappa shape index (κ1) is 18.5. The van der Waals surface area contributed by atoms with Crippen LogP contribution in [0.25, 0.3) is 22.2 Å². The van der Waals surface area contributed by atoms with E-state index in [4.69, 9.17) is 5.73 Å². The van der Waals surface area contributed by atoms with Gasteiger partial charge in [-0.05, 0) is 43.2 Å². The highest BCUT2D eigenvalue weighted by molar-refractivity contribution is 6.10. The van der Waals surface area contributed by atoms with E-state index in [0.717, 1.165) is 12.0 Å². The molecule has 1 aromatic carbocycles. The first-order valence-electron chi connectivity index (χ1n) is 9.40. The number of nitrogens with zero attached hydrogens (tertiary/aromatic N) is 5. The maximum atomic E-state index is 12.9. The van der Waals surface area contributed by atoms with E-state index >= 15 is 0 Å². The number of nitrogens with one attached hydrogen (secondary N) is 1. The van der Waals surface area contributed by atoms with Crippen LogP contribution >= 0.6 is 0 Å². The van der Waals surface area contributed by atoms with Gasteiger partial charge in [-0.2, -0.15) is 9.78 Å². The smallest absolute Gasteiger partial charge is 0.257 e. The molecule has 3 aromatic heterocycles. The number of benzene rings is 1. The van der Waals surface area contributed by atoms with Gasteiger partial charge in [0.2, 0.25) is 0 Å². The van der Waals surface area contributed by atoms with Gasteiger partial charge in [-0.15, -0.1) is 0 Å². The van der Waals surface area contributed by atoms with Crippen molar-refractivity contribution in [1.29, 1.82) is 0 Å². The van der Waals surface area contributed by atoms with E-state index in [2.05, 4.69) is 25.4 Å². The summed E-state index contributed by atoms with van der Waals surface area (Å²) in [5.41, 5.74) is 9.73. The lowest BCUT2D eigenvalue weighted by atomic mass is 10.2. The van der Waals surface area contributed by atoms with Gasteiger partial charge in [0.05, 0.1) is 17.2 Å². The maximum absolute atomic E-state index is 12.9. The van der Waals surface area contributed by atoms with Crippen LogP contribution in [-0.2, 0) is 0 Å². The van der Waals surface area contributed by atoms with Crippen LogP contribution in [-0.4, -0.2) is 37.8 Å². The molecule has 4 rings (SSSR count). The first-order chi connectivity index (χ1) is 14.1. The fourth-order valence-corrected chi connectivity index (χ4v) is 2.96. The van der Waals surface area contributed by atoms with Crippen LogP contribution in [0.3, 0.4) is 0 Å². The van der Waals surface area contributed by atoms with Gasteiger partial charge in [0.1, 0.15) is 16.9 Å². The second-order valence-corrected chi connectivity index (χ2v) is 6.76. The SMILES string of the molecule is CCC(C)NC(=O)c1c(N)n(N=Cc2ccncc2)c2nc3ccccc3nc12. The summed E-state index contributed by atoms with van der Waals surface area (Å²) in [6.45, 7) is 3.94. The molecule has 4 aromatic rings. The standard InChI is InChI=1S/C21H21N7O/c1-3-13(2)25-21(29)17-18-20(27-16-7-5-4-6-15(16)26-18)28(19(17)22)24-12-14-8-10-23-11-9-14/h4-13H,3,22H2,1-2H3,(H,25,29). The van der Waals surface area contributed by atoms with Crippen molar-refractivity contribution in [2.24, 2.45) is 5.10 Å². The predicted molar refractivity (Wildman–Crippen MR) is 114 cm³/mol. The van der Waals surface area contributed by atoms with Gasteiger partial charge in [0.25, 0.3) is 5.91 Å². The number of para-hydroxylation sites is 2. The van der Waals surface area contributed by atoms with Crippen molar-refractivity contribution in [2.75, 3.05) is 5.73 Å². The molecule has 0 fully saturated rings. The molecular formula is C21H21N7O. The quantitative estimate of drug-likeness (QED) is 0.512. The number of carbonyl (C=O) groups is 1. The van der Waals surface area contributed by atoms with Crippen LogP contribution < -0.4 is 11.1 Å². The molecule has 1 unspecified atom stereocenters. The molecule has 0 aliphatic rings. The maximum Gasteiger partial charge on any atom is 0.257 e. The van der Waals surface area contributed by atoms with Gasteiger partial charge in [-0.1, -0.05) is 19.1 Å². The lowest BCUT2D eigenvalue weighted by molar-refractivity contribution is 0.0941. The van der Waals surface area contributed by atoms with Gasteiger partial charge < -0.3 is 11.1 Å². The van der Waals surface area contributed by atoms with Crippen molar-refractivity contribution in [3.63, 3.8) is 0 Å². The molecule has 0 aliphatic carbocycles. The predicted octanol–water partition coefficient (Wildman–Crippen LogP) is 2.97. The number of rotatable bonds is 5. The highest BCUT2D eigenvalue weighted by Gasteiger charge is 2.24. The average Bonchev–Trinajstić information content (AvgIpc) is 3.01. The Morgan fingerprint density at radius 1 is 1.21 bits per heavy atom. The van der Waals surface area contributed by atoms with Crippen molar-refractivity contribution in [1.82, 2.24) is 24.9 Å². The van der Waals surface area contributed by atoms with Crippen LogP contribution in [0.5, 0.6) is 0 Å². The van der Waals surface area contributed by atoms with Crippen molar-refractivity contribution >= 4 is 40.1 Å². The second kappa shape index (κ2) is 7.67. The van der Waals surface area contributed by atoms with Crippen molar-refractivity contribution in [2.45, 2.75) is 26.3 Å². The summed E-state index contributed by atoms with van der Waals surface area (Å²) in [5.74, 6) is -0.0919. The number of aromatic nitrogens is 4. The molecule has 3 N–H and O–H groups in total. The Morgan fingerprint density at radius 2 is 1.90 bits per heavy atom.